The summed E-state index contributed by atoms with van der Waals surface area (Å²) in [6, 6.07) is 3.92. The number of ether oxygens (including phenoxy) is 1. The number of nitrogens with two attached hydrogens (primary N) is 1. The van der Waals surface area contributed by atoms with Crippen molar-refractivity contribution in [2.75, 3.05) is 13.2 Å². The molecule has 0 aromatic heterocycles. The molecular weight excluding hydrogens is 281 g/mol. The molecular formula is C12H16ClF3N2O. The highest BCUT2D eigenvalue weighted by atomic mass is 35.5. The standard InChI is InChI=1S/C12H16ClF3N2O/c13-11-6-9(14)2-1-8(11)5-10(18-17)3-4-19-7-12(15)16/h1-2,6,10,12,18H,3-5,7,17H2. The van der Waals surface area contributed by atoms with E-state index in [4.69, 9.17) is 22.2 Å². The predicted octanol–water partition coefficient (Wildman–Crippen LogP) is 2.53. The number of hydrogen-bond donors (Lipinski definition) is 2. The molecule has 0 fully saturated rings. The molecule has 1 aromatic rings. The van der Waals surface area contributed by atoms with Gasteiger partial charge in [0.05, 0.1) is 0 Å². The van der Waals surface area contributed by atoms with Crippen LogP contribution in [0.15, 0.2) is 18.2 Å². The molecule has 1 unspecified atom stereocenters. The summed E-state index contributed by atoms with van der Waals surface area (Å²) in [5.74, 6) is 4.96. The fourth-order valence-electron chi connectivity index (χ4n) is 1.60. The zero-order valence-electron chi connectivity index (χ0n) is 10.2. The summed E-state index contributed by atoms with van der Waals surface area (Å²) in [4.78, 5) is 0. The molecule has 0 amide bonds. The van der Waals surface area contributed by atoms with Crippen molar-refractivity contribution in [3.8, 4) is 0 Å². The van der Waals surface area contributed by atoms with E-state index in [1.54, 1.807) is 6.07 Å². The van der Waals surface area contributed by atoms with Gasteiger partial charge in [-0.1, -0.05) is 17.7 Å². The Kier molecular flexibility index (Phi) is 7.15. The highest BCUT2D eigenvalue weighted by Crippen LogP contribution is 2.19. The molecule has 0 aliphatic heterocycles. The number of halogens is 4. The highest BCUT2D eigenvalue weighted by molar-refractivity contribution is 6.31. The third kappa shape index (κ3) is 6.24. The smallest absolute Gasteiger partial charge is 0.261 e. The largest absolute Gasteiger partial charge is 0.375 e. The SMILES string of the molecule is NNC(CCOCC(F)F)Cc1ccc(F)cc1Cl. The molecule has 1 aromatic carbocycles. The minimum Gasteiger partial charge on any atom is -0.375 e. The van der Waals surface area contributed by atoms with Crippen LogP contribution >= 0.6 is 11.6 Å². The zero-order chi connectivity index (χ0) is 14.3. The van der Waals surface area contributed by atoms with Crippen LogP contribution in [0.3, 0.4) is 0 Å². The van der Waals surface area contributed by atoms with Crippen LogP contribution in [0, 0.1) is 5.82 Å². The Morgan fingerprint density at radius 3 is 2.68 bits per heavy atom. The lowest BCUT2D eigenvalue weighted by Gasteiger charge is -2.16. The van der Waals surface area contributed by atoms with E-state index in [0.717, 1.165) is 5.56 Å². The molecule has 19 heavy (non-hydrogen) atoms. The molecule has 0 saturated heterocycles. The van der Waals surface area contributed by atoms with Gasteiger partial charge in [-0.2, -0.15) is 0 Å². The normalized spacial score (nSPS) is 12.9. The quantitative estimate of drug-likeness (QED) is 0.440. The lowest BCUT2D eigenvalue weighted by molar-refractivity contribution is 0.0144. The first-order chi connectivity index (χ1) is 9.02. The van der Waals surface area contributed by atoms with Crippen molar-refractivity contribution in [3.05, 3.63) is 34.6 Å². The molecule has 3 nitrogen and oxygen atoms in total. The minimum absolute atomic E-state index is 0.165. The molecule has 0 aliphatic rings. The summed E-state index contributed by atoms with van der Waals surface area (Å²) >= 11 is 5.89. The second-order valence-corrected chi connectivity index (χ2v) is 4.47. The van der Waals surface area contributed by atoms with Gasteiger partial charge in [-0.3, -0.25) is 11.3 Å². The molecule has 1 atom stereocenters. The van der Waals surface area contributed by atoms with Gasteiger partial charge in [0, 0.05) is 17.7 Å². The van der Waals surface area contributed by atoms with Crippen LogP contribution in [0.2, 0.25) is 5.02 Å². The van der Waals surface area contributed by atoms with E-state index >= 15 is 0 Å². The summed E-state index contributed by atoms with van der Waals surface area (Å²) in [5, 5.41) is 0.314. The molecule has 108 valence electrons. The molecule has 0 bridgehead atoms. The monoisotopic (exact) mass is 296 g/mol. The lowest BCUT2D eigenvalue weighted by atomic mass is 10.0. The third-order valence-electron chi connectivity index (χ3n) is 2.57. The van der Waals surface area contributed by atoms with E-state index in [1.165, 1.54) is 12.1 Å². The van der Waals surface area contributed by atoms with E-state index < -0.39 is 18.8 Å². The van der Waals surface area contributed by atoms with E-state index in [0.29, 0.717) is 17.9 Å². The second kappa shape index (κ2) is 8.37. The molecule has 3 N–H and O–H groups in total. The number of alkyl halides is 2. The Morgan fingerprint density at radius 1 is 1.37 bits per heavy atom. The predicted molar refractivity (Wildman–Crippen MR) is 67.7 cm³/mol. The molecule has 1 rings (SSSR count). The number of benzene rings is 1. The molecule has 0 saturated carbocycles. The van der Waals surface area contributed by atoms with Gasteiger partial charge in [0.25, 0.3) is 6.43 Å². The van der Waals surface area contributed by atoms with Crippen molar-refractivity contribution < 1.29 is 17.9 Å². The molecule has 0 radical (unpaired) electrons. The first-order valence-corrected chi connectivity index (χ1v) is 6.16. The van der Waals surface area contributed by atoms with Crippen LogP contribution in [0.4, 0.5) is 13.2 Å². The Morgan fingerprint density at radius 2 is 2.11 bits per heavy atom. The molecule has 0 spiro atoms. The van der Waals surface area contributed by atoms with Gasteiger partial charge in [0.1, 0.15) is 12.4 Å². The lowest BCUT2D eigenvalue weighted by Crippen LogP contribution is -2.37. The average Bonchev–Trinajstić information content (AvgIpc) is 2.35. The summed E-state index contributed by atoms with van der Waals surface area (Å²) in [6.07, 6.45) is -1.55. The summed E-state index contributed by atoms with van der Waals surface area (Å²) in [7, 11) is 0. The van der Waals surface area contributed by atoms with Crippen molar-refractivity contribution in [1.82, 2.24) is 5.43 Å². The first-order valence-electron chi connectivity index (χ1n) is 5.79. The zero-order valence-corrected chi connectivity index (χ0v) is 11.0. The van der Waals surface area contributed by atoms with Crippen LogP contribution in [0.25, 0.3) is 0 Å². The average molecular weight is 297 g/mol. The van der Waals surface area contributed by atoms with Crippen molar-refractivity contribution in [2.45, 2.75) is 25.3 Å². The minimum atomic E-state index is -2.48. The highest BCUT2D eigenvalue weighted by Gasteiger charge is 2.11. The van der Waals surface area contributed by atoms with Crippen molar-refractivity contribution in [2.24, 2.45) is 5.84 Å². The van der Waals surface area contributed by atoms with Crippen LogP contribution in [0.5, 0.6) is 0 Å². The van der Waals surface area contributed by atoms with Crippen LogP contribution in [-0.4, -0.2) is 25.7 Å². The maximum Gasteiger partial charge on any atom is 0.261 e. The van der Waals surface area contributed by atoms with Crippen molar-refractivity contribution in [3.63, 3.8) is 0 Å². The fourth-order valence-corrected chi connectivity index (χ4v) is 1.84. The first kappa shape index (κ1) is 16.2. The summed E-state index contributed by atoms with van der Waals surface area (Å²) in [5.41, 5.74) is 3.30. The Hall–Kier alpha value is -0.820. The van der Waals surface area contributed by atoms with Gasteiger partial charge < -0.3 is 4.74 Å². The van der Waals surface area contributed by atoms with Gasteiger partial charge in [0.2, 0.25) is 0 Å². The molecule has 0 heterocycles. The van der Waals surface area contributed by atoms with Gasteiger partial charge in [-0.05, 0) is 30.5 Å². The maximum absolute atomic E-state index is 12.9. The van der Waals surface area contributed by atoms with Gasteiger partial charge in [-0.25, -0.2) is 13.2 Å². The number of hydrogen-bond acceptors (Lipinski definition) is 3. The van der Waals surface area contributed by atoms with E-state index in [2.05, 4.69) is 5.43 Å². The van der Waals surface area contributed by atoms with Crippen molar-refractivity contribution >= 4 is 11.6 Å². The number of hydrazine groups is 1. The van der Waals surface area contributed by atoms with Crippen molar-refractivity contribution in [1.29, 1.82) is 0 Å². The Balaban J connectivity index is 2.43. The Bertz CT molecular complexity index is 393. The number of rotatable bonds is 8. The summed E-state index contributed by atoms with van der Waals surface area (Å²) in [6.45, 7) is -0.424. The molecule has 0 aliphatic carbocycles. The maximum atomic E-state index is 12.9. The van der Waals surface area contributed by atoms with Gasteiger partial charge in [0.15, 0.2) is 0 Å². The van der Waals surface area contributed by atoms with E-state index in [1.807, 2.05) is 0 Å². The van der Waals surface area contributed by atoms with E-state index in [9.17, 15) is 13.2 Å². The van der Waals surface area contributed by atoms with E-state index in [-0.39, 0.29) is 12.6 Å². The topological polar surface area (TPSA) is 47.3 Å². The number of nitrogens with one attached hydrogen (secondary N) is 1. The molecule has 7 heteroatoms. The van der Waals surface area contributed by atoms with Gasteiger partial charge in [-0.15, -0.1) is 0 Å². The van der Waals surface area contributed by atoms with Crippen LogP contribution < -0.4 is 11.3 Å². The van der Waals surface area contributed by atoms with Crippen LogP contribution in [-0.2, 0) is 11.2 Å². The third-order valence-corrected chi connectivity index (χ3v) is 2.92. The van der Waals surface area contributed by atoms with Gasteiger partial charge >= 0.3 is 0 Å². The van der Waals surface area contributed by atoms with Crippen LogP contribution in [0.1, 0.15) is 12.0 Å². The summed E-state index contributed by atoms with van der Waals surface area (Å²) < 4.78 is 41.4. The fraction of sp³-hybridized carbons (Fsp3) is 0.500. The second-order valence-electron chi connectivity index (χ2n) is 4.06. The Labute approximate surface area is 114 Å².